The predicted molar refractivity (Wildman–Crippen MR) is 71.8 cm³/mol. The maximum absolute atomic E-state index is 10.1. The molecule has 0 radical (unpaired) electrons. The first-order valence-electron chi connectivity index (χ1n) is 5.28. The average Bonchev–Trinajstić information content (AvgIpc) is 2.65. The highest BCUT2D eigenvalue weighted by Crippen LogP contribution is 2.30. The van der Waals surface area contributed by atoms with Gasteiger partial charge in [-0.05, 0) is 40.6 Å². The van der Waals surface area contributed by atoms with Crippen LogP contribution in [0.3, 0.4) is 0 Å². The summed E-state index contributed by atoms with van der Waals surface area (Å²) in [6.45, 7) is 0. The van der Waals surface area contributed by atoms with Crippen molar-refractivity contribution in [2.45, 2.75) is 37.0 Å². The van der Waals surface area contributed by atoms with Gasteiger partial charge in [0, 0.05) is 26.4 Å². The van der Waals surface area contributed by atoms with Crippen molar-refractivity contribution in [2.24, 2.45) is 0 Å². The van der Waals surface area contributed by atoms with Gasteiger partial charge in [-0.2, -0.15) is 11.8 Å². The van der Waals surface area contributed by atoms with Gasteiger partial charge in [-0.1, -0.05) is 6.42 Å². The van der Waals surface area contributed by atoms with Gasteiger partial charge in [-0.25, -0.2) is 0 Å². The Morgan fingerprint density at radius 3 is 3.00 bits per heavy atom. The molecule has 0 saturated carbocycles. The van der Waals surface area contributed by atoms with E-state index in [0.29, 0.717) is 5.25 Å². The maximum atomic E-state index is 10.1. The molecule has 2 atom stereocenters. The van der Waals surface area contributed by atoms with E-state index in [1.807, 2.05) is 11.8 Å². The van der Waals surface area contributed by atoms with Crippen molar-refractivity contribution in [3.63, 3.8) is 0 Å². The normalized spacial score (nSPS) is 24.0. The SMILES string of the molecule is OC(Cc1cc(Br)cs1)C1CCCCS1. The van der Waals surface area contributed by atoms with E-state index in [1.165, 1.54) is 29.9 Å². The molecule has 1 N–H and O–H groups in total. The molecule has 1 saturated heterocycles. The van der Waals surface area contributed by atoms with Gasteiger partial charge in [0.2, 0.25) is 0 Å². The monoisotopic (exact) mass is 306 g/mol. The zero-order chi connectivity index (χ0) is 10.7. The van der Waals surface area contributed by atoms with Crippen LogP contribution in [-0.2, 0) is 6.42 Å². The summed E-state index contributed by atoms with van der Waals surface area (Å²) in [5.74, 6) is 1.22. The van der Waals surface area contributed by atoms with Crippen molar-refractivity contribution in [2.75, 3.05) is 5.75 Å². The summed E-state index contributed by atoms with van der Waals surface area (Å²) in [4.78, 5) is 1.28. The minimum Gasteiger partial charge on any atom is -0.392 e. The quantitative estimate of drug-likeness (QED) is 0.919. The number of aliphatic hydroxyl groups is 1. The van der Waals surface area contributed by atoms with E-state index < -0.39 is 0 Å². The molecule has 1 aromatic rings. The standard InChI is InChI=1S/C11H15BrOS2/c12-8-5-9(15-7-8)6-10(13)11-3-1-2-4-14-11/h5,7,10-11,13H,1-4,6H2. The van der Waals surface area contributed by atoms with Crippen LogP contribution in [0.25, 0.3) is 0 Å². The van der Waals surface area contributed by atoms with Crippen LogP contribution >= 0.6 is 39.0 Å². The summed E-state index contributed by atoms with van der Waals surface area (Å²) < 4.78 is 1.13. The van der Waals surface area contributed by atoms with Gasteiger partial charge in [-0.3, -0.25) is 0 Å². The van der Waals surface area contributed by atoms with E-state index in [9.17, 15) is 5.11 Å². The van der Waals surface area contributed by atoms with Gasteiger partial charge in [-0.15, -0.1) is 11.3 Å². The number of thiophene rings is 1. The van der Waals surface area contributed by atoms with E-state index in [0.717, 1.165) is 10.9 Å². The number of thioether (sulfide) groups is 1. The summed E-state index contributed by atoms with van der Waals surface area (Å²) in [5.41, 5.74) is 0. The Balaban J connectivity index is 1.88. The Morgan fingerprint density at radius 2 is 2.40 bits per heavy atom. The highest BCUT2D eigenvalue weighted by Gasteiger charge is 2.22. The van der Waals surface area contributed by atoms with Crippen LogP contribution in [-0.4, -0.2) is 22.2 Å². The lowest BCUT2D eigenvalue weighted by Gasteiger charge is -2.25. The molecule has 0 aromatic carbocycles. The summed E-state index contributed by atoms with van der Waals surface area (Å²) in [5, 5.41) is 12.6. The Morgan fingerprint density at radius 1 is 1.53 bits per heavy atom. The molecule has 1 aromatic heterocycles. The number of hydrogen-bond acceptors (Lipinski definition) is 3. The third-order valence-electron chi connectivity index (χ3n) is 2.68. The molecule has 84 valence electrons. The summed E-state index contributed by atoms with van der Waals surface area (Å²) in [6, 6.07) is 2.11. The number of rotatable bonds is 3. The molecule has 4 heteroatoms. The first-order valence-corrected chi connectivity index (χ1v) is 8.00. The van der Waals surface area contributed by atoms with Crippen LogP contribution in [0.5, 0.6) is 0 Å². The second-order valence-corrected chi connectivity index (χ2v) is 7.17. The smallest absolute Gasteiger partial charge is 0.0706 e. The van der Waals surface area contributed by atoms with Crippen LogP contribution in [0.1, 0.15) is 24.1 Å². The minimum absolute atomic E-state index is 0.166. The van der Waals surface area contributed by atoms with E-state index >= 15 is 0 Å². The lowest BCUT2D eigenvalue weighted by atomic mass is 10.1. The fraction of sp³-hybridized carbons (Fsp3) is 0.636. The van der Waals surface area contributed by atoms with Gasteiger partial charge in [0.1, 0.15) is 0 Å². The molecular formula is C11H15BrOS2. The van der Waals surface area contributed by atoms with E-state index in [4.69, 9.17) is 0 Å². The highest BCUT2D eigenvalue weighted by atomic mass is 79.9. The second-order valence-electron chi connectivity index (χ2n) is 3.91. The average molecular weight is 307 g/mol. The topological polar surface area (TPSA) is 20.2 Å². The Kier molecular flexibility index (Phi) is 4.55. The van der Waals surface area contributed by atoms with Crippen LogP contribution in [0.4, 0.5) is 0 Å². The van der Waals surface area contributed by atoms with Crippen molar-refractivity contribution in [3.05, 3.63) is 20.8 Å². The number of halogens is 1. The zero-order valence-electron chi connectivity index (χ0n) is 8.49. The van der Waals surface area contributed by atoms with Crippen LogP contribution in [0, 0.1) is 0 Å². The third-order valence-corrected chi connectivity index (χ3v) is 5.90. The lowest BCUT2D eigenvalue weighted by molar-refractivity contribution is 0.167. The molecule has 2 rings (SSSR count). The van der Waals surface area contributed by atoms with E-state index in [1.54, 1.807) is 11.3 Å². The molecule has 0 spiro atoms. The first kappa shape index (κ1) is 12.0. The van der Waals surface area contributed by atoms with Crippen molar-refractivity contribution in [1.82, 2.24) is 0 Å². The first-order chi connectivity index (χ1) is 7.25. The van der Waals surface area contributed by atoms with E-state index in [-0.39, 0.29) is 6.10 Å². The highest BCUT2D eigenvalue weighted by molar-refractivity contribution is 9.10. The molecular weight excluding hydrogens is 292 g/mol. The molecule has 2 heterocycles. The molecule has 0 aliphatic carbocycles. The molecule has 2 unspecified atom stereocenters. The maximum Gasteiger partial charge on any atom is 0.0706 e. The van der Waals surface area contributed by atoms with Crippen LogP contribution in [0.15, 0.2) is 15.9 Å². The Bertz CT molecular complexity index is 307. The summed E-state index contributed by atoms with van der Waals surface area (Å²) in [6.07, 6.45) is 4.43. The lowest BCUT2D eigenvalue weighted by Crippen LogP contribution is -2.27. The Labute approximate surface area is 107 Å². The fourth-order valence-corrected chi connectivity index (χ4v) is 4.69. The molecule has 0 bridgehead atoms. The Hall–Kier alpha value is 0.490. The molecule has 1 aliphatic rings. The molecule has 1 nitrogen and oxygen atoms in total. The van der Waals surface area contributed by atoms with Crippen LogP contribution < -0.4 is 0 Å². The molecule has 0 amide bonds. The van der Waals surface area contributed by atoms with Gasteiger partial charge < -0.3 is 5.11 Å². The van der Waals surface area contributed by atoms with Gasteiger partial charge >= 0.3 is 0 Å². The summed E-state index contributed by atoms with van der Waals surface area (Å²) >= 11 is 7.11. The molecule has 1 fully saturated rings. The summed E-state index contributed by atoms with van der Waals surface area (Å²) in [7, 11) is 0. The third kappa shape index (κ3) is 3.48. The van der Waals surface area contributed by atoms with Gasteiger partial charge in [0.15, 0.2) is 0 Å². The largest absolute Gasteiger partial charge is 0.392 e. The minimum atomic E-state index is -0.166. The second kappa shape index (κ2) is 5.71. The van der Waals surface area contributed by atoms with Gasteiger partial charge in [0.05, 0.1) is 6.10 Å². The van der Waals surface area contributed by atoms with Crippen molar-refractivity contribution < 1.29 is 5.11 Å². The number of aliphatic hydroxyl groups excluding tert-OH is 1. The molecule has 15 heavy (non-hydrogen) atoms. The van der Waals surface area contributed by atoms with Crippen molar-refractivity contribution >= 4 is 39.0 Å². The molecule has 1 aliphatic heterocycles. The van der Waals surface area contributed by atoms with E-state index in [2.05, 4.69) is 27.4 Å². The predicted octanol–water partition coefficient (Wildman–Crippen LogP) is 3.70. The van der Waals surface area contributed by atoms with Crippen molar-refractivity contribution in [1.29, 1.82) is 0 Å². The van der Waals surface area contributed by atoms with Gasteiger partial charge in [0.25, 0.3) is 0 Å². The van der Waals surface area contributed by atoms with Crippen LogP contribution in [0.2, 0.25) is 0 Å². The zero-order valence-corrected chi connectivity index (χ0v) is 11.7. The fourth-order valence-electron chi connectivity index (χ4n) is 1.87. The number of hydrogen-bond donors (Lipinski definition) is 1. The van der Waals surface area contributed by atoms with Crippen molar-refractivity contribution in [3.8, 4) is 0 Å².